The minimum absolute atomic E-state index is 0.114. The Bertz CT molecular complexity index is 596. The van der Waals surface area contributed by atoms with Crippen molar-refractivity contribution in [2.24, 2.45) is 0 Å². The molecule has 1 fully saturated rings. The first kappa shape index (κ1) is 15.9. The number of carbonyl (C=O) groups is 1. The summed E-state index contributed by atoms with van der Waals surface area (Å²) in [6.45, 7) is 3.24. The van der Waals surface area contributed by atoms with Crippen LogP contribution in [0.5, 0.6) is 0 Å². The molecule has 7 heteroatoms. The quantitative estimate of drug-likeness (QED) is 0.906. The summed E-state index contributed by atoms with van der Waals surface area (Å²) in [5, 5.41) is 8.83. The molecule has 0 spiro atoms. The monoisotopic (exact) mass is 313 g/mol. The molecule has 1 N–H and O–H groups in total. The first-order valence-electron chi connectivity index (χ1n) is 6.80. The summed E-state index contributed by atoms with van der Waals surface area (Å²) in [6, 6.07) is 5.92. The molecule has 6 nitrogen and oxygen atoms in total. The summed E-state index contributed by atoms with van der Waals surface area (Å²) < 4.78 is 31.8. The molecular formula is C14H19NO5S. The fraction of sp³-hybridized carbons (Fsp3) is 0.500. The molecule has 1 aliphatic rings. The van der Waals surface area contributed by atoms with Gasteiger partial charge in [0.2, 0.25) is 10.0 Å². The summed E-state index contributed by atoms with van der Waals surface area (Å²) in [6.07, 6.45) is 0.568. The van der Waals surface area contributed by atoms with Crippen molar-refractivity contribution < 1.29 is 23.1 Å². The molecule has 1 saturated heterocycles. The van der Waals surface area contributed by atoms with Crippen molar-refractivity contribution in [2.75, 3.05) is 19.7 Å². The number of hydrogen-bond acceptors (Lipinski definition) is 4. The van der Waals surface area contributed by atoms with Crippen LogP contribution in [-0.4, -0.2) is 49.6 Å². The lowest BCUT2D eigenvalue weighted by atomic mass is 10.1. The van der Waals surface area contributed by atoms with E-state index in [2.05, 4.69) is 0 Å². The minimum Gasteiger partial charge on any atom is -0.478 e. The van der Waals surface area contributed by atoms with E-state index >= 15 is 0 Å². The molecule has 1 aromatic carbocycles. The van der Waals surface area contributed by atoms with Crippen molar-refractivity contribution in [3.05, 3.63) is 35.4 Å². The third-order valence-corrected chi connectivity index (χ3v) is 5.17. The van der Waals surface area contributed by atoms with E-state index in [-0.39, 0.29) is 17.4 Å². The van der Waals surface area contributed by atoms with E-state index in [1.165, 1.54) is 16.4 Å². The lowest BCUT2D eigenvalue weighted by Crippen LogP contribution is -2.36. The molecule has 0 aromatic heterocycles. The van der Waals surface area contributed by atoms with E-state index in [0.29, 0.717) is 31.7 Å². The minimum atomic E-state index is -3.42. The van der Waals surface area contributed by atoms with Gasteiger partial charge in [-0.15, -0.1) is 0 Å². The average molecular weight is 313 g/mol. The standard InChI is InChI=1S/C14H19NO5S/c1-11-9-15(7-2-8-20-11)21(18,19)10-12-3-5-13(6-4-12)14(16)17/h3-6,11H,2,7-10H2,1H3,(H,16,17). The van der Waals surface area contributed by atoms with Crippen LogP contribution in [0, 0.1) is 0 Å². The number of benzene rings is 1. The van der Waals surface area contributed by atoms with E-state index < -0.39 is 16.0 Å². The van der Waals surface area contributed by atoms with Crippen LogP contribution >= 0.6 is 0 Å². The summed E-state index contributed by atoms with van der Waals surface area (Å²) in [4.78, 5) is 10.8. The van der Waals surface area contributed by atoms with Gasteiger partial charge in [-0.1, -0.05) is 12.1 Å². The molecular weight excluding hydrogens is 294 g/mol. The molecule has 1 aromatic rings. The highest BCUT2D eigenvalue weighted by Gasteiger charge is 2.26. The summed E-state index contributed by atoms with van der Waals surface area (Å²) >= 11 is 0. The highest BCUT2D eigenvalue weighted by Crippen LogP contribution is 2.16. The number of sulfonamides is 1. The van der Waals surface area contributed by atoms with Crippen LogP contribution in [0.4, 0.5) is 0 Å². The van der Waals surface area contributed by atoms with Crippen LogP contribution in [0.3, 0.4) is 0 Å². The summed E-state index contributed by atoms with van der Waals surface area (Å²) in [7, 11) is -3.42. The Balaban J connectivity index is 2.10. The van der Waals surface area contributed by atoms with Crippen molar-refractivity contribution in [1.82, 2.24) is 4.31 Å². The Hall–Kier alpha value is -1.44. The van der Waals surface area contributed by atoms with E-state index in [9.17, 15) is 13.2 Å². The van der Waals surface area contributed by atoms with E-state index in [4.69, 9.17) is 9.84 Å². The molecule has 0 bridgehead atoms. The maximum atomic E-state index is 12.4. The van der Waals surface area contributed by atoms with E-state index in [1.807, 2.05) is 6.92 Å². The zero-order chi connectivity index (χ0) is 15.5. The second-order valence-electron chi connectivity index (χ2n) is 5.15. The smallest absolute Gasteiger partial charge is 0.335 e. The summed E-state index contributed by atoms with van der Waals surface area (Å²) in [5.41, 5.74) is 0.728. The van der Waals surface area contributed by atoms with Crippen LogP contribution in [0.15, 0.2) is 24.3 Å². The van der Waals surface area contributed by atoms with Gasteiger partial charge in [0.1, 0.15) is 0 Å². The maximum Gasteiger partial charge on any atom is 0.335 e. The van der Waals surface area contributed by atoms with Crippen LogP contribution in [0.2, 0.25) is 0 Å². The van der Waals surface area contributed by atoms with Gasteiger partial charge in [0.15, 0.2) is 0 Å². The van der Waals surface area contributed by atoms with Gasteiger partial charge in [-0.3, -0.25) is 0 Å². The number of carboxylic acids is 1. The molecule has 0 amide bonds. The predicted octanol–water partition coefficient (Wildman–Crippen LogP) is 1.33. The molecule has 1 atom stereocenters. The molecule has 2 rings (SSSR count). The maximum absolute atomic E-state index is 12.4. The number of aromatic carboxylic acids is 1. The third kappa shape index (κ3) is 4.26. The van der Waals surface area contributed by atoms with E-state index in [1.54, 1.807) is 12.1 Å². The number of nitrogens with zero attached hydrogens (tertiary/aromatic N) is 1. The van der Waals surface area contributed by atoms with Crippen LogP contribution in [0.25, 0.3) is 0 Å². The average Bonchev–Trinajstić information content (AvgIpc) is 2.64. The van der Waals surface area contributed by atoms with Crippen LogP contribution < -0.4 is 0 Å². The van der Waals surface area contributed by atoms with Crippen molar-refractivity contribution in [1.29, 1.82) is 0 Å². The van der Waals surface area contributed by atoms with Gasteiger partial charge >= 0.3 is 5.97 Å². The Labute approximate surface area is 124 Å². The van der Waals surface area contributed by atoms with Gasteiger partial charge in [-0.05, 0) is 31.0 Å². The highest BCUT2D eigenvalue weighted by atomic mass is 32.2. The predicted molar refractivity (Wildman–Crippen MR) is 77.6 cm³/mol. The van der Waals surface area contributed by atoms with Crippen molar-refractivity contribution in [3.8, 4) is 0 Å². The van der Waals surface area contributed by atoms with Crippen molar-refractivity contribution in [2.45, 2.75) is 25.2 Å². The number of ether oxygens (including phenoxy) is 1. The zero-order valence-corrected chi connectivity index (χ0v) is 12.7. The lowest BCUT2D eigenvalue weighted by molar-refractivity contribution is 0.0696. The molecule has 0 saturated carbocycles. The molecule has 0 radical (unpaired) electrons. The Morgan fingerprint density at radius 1 is 1.38 bits per heavy atom. The number of carboxylic acid groups (broad SMARTS) is 1. The van der Waals surface area contributed by atoms with Gasteiger partial charge in [-0.2, -0.15) is 4.31 Å². The molecule has 21 heavy (non-hydrogen) atoms. The van der Waals surface area contributed by atoms with Gasteiger partial charge < -0.3 is 9.84 Å². The second kappa shape index (κ2) is 6.55. The Morgan fingerprint density at radius 3 is 2.67 bits per heavy atom. The fourth-order valence-corrected chi connectivity index (χ4v) is 3.89. The molecule has 1 aliphatic heterocycles. The zero-order valence-electron chi connectivity index (χ0n) is 11.9. The first-order valence-corrected chi connectivity index (χ1v) is 8.41. The van der Waals surface area contributed by atoms with Gasteiger partial charge in [0, 0.05) is 19.7 Å². The summed E-state index contributed by atoms with van der Waals surface area (Å²) in [5.74, 6) is -1.15. The van der Waals surface area contributed by atoms with Crippen LogP contribution in [0.1, 0.15) is 29.3 Å². The molecule has 116 valence electrons. The van der Waals surface area contributed by atoms with E-state index in [0.717, 1.165) is 0 Å². The molecule has 1 unspecified atom stereocenters. The second-order valence-corrected chi connectivity index (χ2v) is 7.12. The van der Waals surface area contributed by atoms with Gasteiger partial charge in [-0.25, -0.2) is 13.2 Å². The highest BCUT2D eigenvalue weighted by molar-refractivity contribution is 7.88. The normalized spacial score (nSPS) is 20.9. The van der Waals surface area contributed by atoms with Gasteiger partial charge in [0.05, 0.1) is 17.4 Å². The molecule has 0 aliphatic carbocycles. The lowest BCUT2D eigenvalue weighted by Gasteiger charge is -2.21. The third-order valence-electron chi connectivity index (χ3n) is 3.36. The Morgan fingerprint density at radius 2 is 2.05 bits per heavy atom. The number of hydrogen-bond donors (Lipinski definition) is 1. The van der Waals surface area contributed by atoms with Crippen LogP contribution in [-0.2, 0) is 20.5 Å². The largest absolute Gasteiger partial charge is 0.478 e. The Kier molecular flexibility index (Phi) is 4.97. The fourth-order valence-electron chi connectivity index (χ4n) is 2.25. The van der Waals surface area contributed by atoms with Crippen molar-refractivity contribution >= 4 is 16.0 Å². The first-order chi connectivity index (χ1) is 9.88. The van der Waals surface area contributed by atoms with Crippen molar-refractivity contribution in [3.63, 3.8) is 0 Å². The topological polar surface area (TPSA) is 83.9 Å². The number of rotatable bonds is 4. The molecule has 1 heterocycles. The van der Waals surface area contributed by atoms with Gasteiger partial charge in [0.25, 0.3) is 0 Å². The SMILES string of the molecule is CC1CN(S(=O)(=O)Cc2ccc(C(=O)O)cc2)CCCO1.